The quantitative estimate of drug-likeness (QED) is 0.789. The van der Waals surface area contributed by atoms with E-state index in [4.69, 9.17) is 4.74 Å². The number of methoxy groups -OCH3 is 1. The van der Waals surface area contributed by atoms with Crippen LogP contribution < -0.4 is 9.64 Å². The SMILES string of the molecule is COc1cc(N2CCC(CBr)C2)ccn1. The van der Waals surface area contributed by atoms with Crippen molar-refractivity contribution in [3.05, 3.63) is 18.3 Å². The molecule has 1 atom stereocenters. The largest absolute Gasteiger partial charge is 0.481 e. The minimum Gasteiger partial charge on any atom is -0.481 e. The van der Waals surface area contributed by atoms with Crippen molar-refractivity contribution in [2.75, 3.05) is 30.4 Å². The number of anilines is 1. The lowest BCUT2D eigenvalue weighted by atomic mass is 10.2. The summed E-state index contributed by atoms with van der Waals surface area (Å²) in [6.45, 7) is 2.25. The molecule has 1 aliphatic rings. The molecule has 0 N–H and O–H groups in total. The molecule has 1 fully saturated rings. The van der Waals surface area contributed by atoms with Crippen LogP contribution in [0.25, 0.3) is 0 Å². The highest BCUT2D eigenvalue weighted by molar-refractivity contribution is 9.09. The third-order valence-corrected chi connectivity index (χ3v) is 3.71. The van der Waals surface area contributed by atoms with E-state index in [1.807, 2.05) is 12.1 Å². The predicted molar refractivity (Wildman–Crippen MR) is 64.9 cm³/mol. The van der Waals surface area contributed by atoms with Crippen molar-refractivity contribution >= 4 is 21.6 Å². The number of alkyl halides is 1. The van der Waals surface area contributed by atoms with Gasteiger partial charge in [-0.2, -0.15) is 0 Å². The average molecular weight is 271 g/mol. The molecule has 15 heavy (non-hydrogen) atoms. The van der Waals surface area contributed by atoms with Crippen LogP contribution in [0, 0.1) is 5.92 Å². The van der Waals surface area contributed by atoms with Crippen molar-refractivity contribution < 1.29 is 4.74 Å². The van der Waals surface area contributed by atoms with E-state index in [1.54, 1.807) is 13.3 Å². The molecule has 0 radical (unpaired) electrons. The topological polar surface area (TPSA) is 25.4 Å². The van der Waals surface area contributed by atoms with E-state index in [0.717, 1.165) is 24.3 Å². The fourth-order valence-corrected chi connectivity index (χ4v) is 2.43. The van der Waals surface area contributed by atoms with Crippen LogP contribution in [0.5, 0.6) is 5.88 Å². The van der Waals surface area contributed by atoms with Crippen LogP contribution in [-0.4, -0.2) is 30.5 Å². The van der Waals surface area contributed by atoms with E-state index in [1.165, 1.54) is 12.1 Å². The summed E-state index contributed by atoms with van der Waals surface area (Å²) in [6, 6.07) is 4.04. The van der Waals surface area contributed by atoms with E-state index >= 15 is 0 Å². The normalized spacial score (nSPS) is 20.7. The van der Waals surface area contributed by atoms with Gasteiger partial charge in [0, 0.05) is 36.4 Å². The number of ether oxygens (including phenoxy) is 1. The number of aromatic nitrogens is 1. The molecule has 1 aromatic rings. The number of nitrogens with zero attached hydrogens (tertiary/aromatic N) is 2. The van der Waals surface area contributed by atoms with E-state index < -0.39 is 0 Å². The van der Waals surface area contributed by atoms with Crippen molar-refractivity contribution in [1.29, 1.82) is 0 Å². The summed E-state index contributed by atoms with van der Waals surface area (Å²) in [5.41, 5.74) is 1.21. The lowest BCUT2D eigenvalue weighted by Gasteiger charge is -2.18. The van der Waals surface area contributed by atoms with Gasteiger partial charge in [0.25, 0.3) is 0 Å². The number of hydrogen-bond donors (Lipinski definition) is 0. The maximum absolute atomic E-state index is 5.12. The minimum atomic E-state index is 0.690. The van der Waals surface area contributed by atoms with Gasteiger partial charge in [0.05, 0.1) is 7.11 Å². The molecule has 82 valence electrons. The van der Waals surface area contributed by atoms with Crippen molar-refractivity contribution in [3.63, 3.8) is 0 Å². The summed E-state index contributed by atoms with van der Waals surface area (Å²) in [5.74, 6) is 1.46. The Morgan fingerprint density at radius 1 is 1.67 bits per heavy atom. The molecule has 0 aliphatic carbocycles. The smallest absolute Gasteiger partial charge is 0.214 e. The Labute approximate surface area is 98.6 Å². The third-order valence-electron chi connectivity index (χ3n) is 2.80. The molecular formula is C11H15BrN2O. The number of hydrogen-bond acceptors (Lipinski definition) is 3. The molecule has 0 aromatic carbocycles. The van der Waals surface area contributed by atoms with Crippen molar-refractivity contribution in [1.82, 2.24) is 4.98 Å². The van der Waals surface area contributed by atoms with Gasteiger partial charge in [-0.3, -0.25) is 0 Å². The first-order valence-electron chi connectivity index (χ1n) is 5.14. The molecular weight excluding hydrogens is 256 g/mol. The first-order valence-corrected chi connectivity index (χ1v) is 6.26. The summed E-state index contributed by atoms with van der Waals surface area (Å²) in [6.07, 6.45) is 3.06. The third kappa shape index (κ3) is 2.43. The van der Waals surface area contributed by atoms with Crippen molar-refractivity contribution in [2.24, 2.45) is 5.92 Å². The van der Waals surface area contributed by atoms with Crippen LogP contribution >= 0.6 is 15.9 Å². The van der Waals surface area contributed by atoms with Gasteiger partial charge < -0.3 is 9.64 Å². The van der Waals surface area contributed by atoms with Gasteiger partial charge in [-0.25, -0.2) is 4.98 Å². The monoisotopic (exact) mass is 270 g/mol. The molecule has 0 bridgehead atoms. The Hall–Kier alpha value is -0.770. The Morgan fingerprint density at radius 2 is 2.53 bits per heavy atom. The van der Waals surface area contributed by atoms with Crippen LogP contribution in [0.15, 0.2) is 18.3 Å². The van der Waals surface area contributed by atoms with Gasteiger partial charge in [0.2, 0.25) is 5.88 Å². The number of pyridine rings is 1. The van der Waals surface area contributed by atoms with E-state index in [-0.39, 0.29) is 0 Å². The van der Waals surface area contributed by atoms with Gasteiger partial charge >= 0.3 is 0 Å². The van der Waals surface area contributed by atoms with Crippen molar-refractivity contribution in [2.45, 2.75) is 6.42 Å². The minimum absolute atomic E-state index is 0.690. The lowest BCUT2D eigenvalue weighted by Crippen LogP contribution is -2.19. The van der Waals surface area contributed by atoms with E-state index in [9.17, 15) is 0 Å². The molecule has 2 rings (SSSR count). The highest BCUT2D eigenvalue weighted by Crippen LogP contribution is 2.26. The first kappa shape index (κ1) is 10.7. The number of rotatable bonds is 3. The maximum atomic E-state index is 5.12. The molecule has 2 heterocycles. The Bertz CT molecular complexity index is 332. The Morgan fingerprint density at radius 3 is 3.20 bits per heavy atom. The van der Waals surface area contributed by atoms with Gasteiger partial charge in [0.1, 0.15) is 0 Å². The highest BCUT2D eigenvalue weighted by Gasteiger charge is 2.21. The van der Waals surface area contributed by atoms with Crippen LogP contribution in [0.2, 0.25) is 0 Å². The number of halogens is 1. The Kier molecular flexibility index (Phi) is 3.46. The molecule has 0 saturated carbocycles. The van der Waals surface area contributed by atoms with Crippen LogP contribution in [0.4, 0.5) is 5.69 Å². The summed E-state index contributed by atoms with van der Waals surface area (Å²) in [5, 5.41) is 1.09. The first-order chi connectivity index (χ1) is 7.33. The molecule has 3 nitrogen and oxygen atoms in total. The summed E-state index contributed by atoms with van der Waals surface area (Å²) in [7, 11) is 1.65. The van der Waals surface area contributed by atoms with Gasteiger partial charge in [-0.1, -0.05) is 15.9 Å². The molecule has 4 heteroatoms. The van der Waals surface area contributed by atoms with Crippen molar-refractivity contribution in [3.8, 4) is 5.88 Å². The van der Waals surface area contributed by atoms with E-state index in [0.29, 0.717) is 5.88 Å². The Balaban J connectivity index is 2.09. The lowest BCUT2D eigenvalue weighted by molar-refractivity contribution is 0.398. The summed E-state index contributed by atoms with van der Waals surface area (Å²) >= 11 is 3.54. The second kappa shape index (κ2) is 4.84. The highest BCUT2D eigenvalue weighted by atomic mass is 79.9. The maximum Gasteiger partial charge on any atom is 0.214 e. The fourth-order valence-electron chi connectivity index (χ4n) is 1.90. The predicted octanol–water partition coefficient (Wildman–Crippen LogP) is 2.31. The average Bonchev–Trinajstić information content (AvgIpc) is 2.78. The molecule has 0 amide bonds. The van der Waals surface area contributed by atoms with Crippen LogP contribution in [0.3, 0.4) is 0 Å². The molecule has 1 aliphatic heterocycles. The second-order valence-corrected chi connectivity index (χ2v) is 4.46. The van der Waals surface area contributed by atoms with Crippen LogP contribution in [-0.2, 0) is 0 Å². The van der Waals surface area contributed by atoms with E-state index in [2.05, 4.69) is 25.8 Å². The zero-order valence-electron chi connectivity index (χ0n) is 8.82. The van der Waals surface area contributed by atoms with Crippen LogP contribution in [0.1, 0.15) is 6.42 Å². The second-order valence-electron chi connectivity index (χ2n) is 3.81. The zero-order valence-corrected chi connectivity index (χ0v) is 10.4. The molecule has 1 aromatic heterocycles. The van der Waals surface area contributed by atoms with Gasteiger partial charge in [-0.05, 0) is 18.4 Å². The van der Waals surface area contributed by atoms with Gasteiger partial charge in [0.15, 0.2) is 0 Å². The summed E-state index contributed by atoms with van der Waals surface area (Å²) < 4.78 is 5.12. The zero-order chi connectivity index (χ0) is 10.7. The molecule has 1 saturated heterocycles. The van der Waals surface area contributed by atoms with Gasteiger partial charge in [-0.15, -0.1) is 0 Å². The fraction of sp³-hybridized carbons (Fsp3) is 0.545. The molecule has 1 unspecified atom stereocenters. The summed E-state index contributed by atoms with van der Waals surface area (Å²) in [4.78, 5) is 6.50. The standard InChI is InChI=1S/C11H15BrN2O/c1-15-11-6-10(2-4-13-11)14-5-3-9(7-12)8-14/h2,4,6,9H,3,5,7-8H2,1H3. The molecule has 0 spiro atoms.